The van der Waals surface area contributed by atoms with Gasteiger partial charge in [0.15, 0.2) is 0 Å². The van der Waals surface area contributed by atoms with Crippen LogP contribution in [0.25, 0.3) is 6.08 Å². The van der Waals surface area contributed by atoms with Crippen molar-refractivity contribution in [3.8, 4) is 5.75 Å². The quantitative estimate of drug-likeness (QED) is 0.879. The van der Waals surface area contributed by atoms with Crippen LogP contribution in [-0.2, 0) is 0 Å². The molecular weight excluding hydrogens is 234 g/mol. The van der Waals surface area contributed by atoms with Crippen LogP contribution in [0.4, 0.5) is 0 Å². The van der Waals surface area contributed by atoms with Gasteiger partial charge in [0.1, 0.15) is 12.4 Å². The van der Waals surface area contributed by atoms with Gasteiger partial charge < -0.3 is 10.5 Å². The number of rotatable bonds is 5. The summed E-state index contributed by atoms with van der Waals surface area (Å²) in [6.45, 7) is 2.53. The molecule has 0 fully saturated rings. The van der Waals surface area contributed by atoms with E-state index in [-0.39, 0.29) is 6.04 Å². The molecule has 19 heavy (non-hydrogen) atoms. The predicted molar refractivity (Wildman–Crippen MR) is 80.0 cm³/mol. The Bertz CT molecular complexity index is 515. The monoisotopic (exact) mass is 253 g/mol. The number of benzene rings is 2. The van der Waals surface area contributed by atoms with Crippen LogP contribution >= 0.6 is 0 Å². The first kappa shape index (κ1) is 13.4. The Morgan fingerprint density at radius 2 is 1.74 bits per heavy atom. The molecule has 0 aliphatic carbocycles. The average molecular weight is 253 g/mol. The van der Waals surface area contributed by atoms with E-state index in [0.717, 1.165) is 11.3 Å². The Kier molecular flexibility index (Phi) is 4.76. The minimum atomic E-state index is 0.0621. The van der Waals surface area contributed by atoms with Gasteiger partial charge in [-0.3, -0.25) is 0 Å². The molecule has 0 heterocycles. The maximum Gasteiger partial charge on any atom is 0.119 e. The van der Waals surface area contributed by atoms with Crippen LogP contribution in [0.2, 0.25) is 0 Å². The topological polar surface area (TPSA) is 35.2 Å². The van der Waals surface area contributed by atoms with E-state index in [9.17, 15) is 0 Å². The molecule has 0 aliphatic rings. The summed E-state index contributed by atoms with van der Waals surface area (Å²) in [6.07, 6.45) is 4.06. The molecule has 0 aliphatic heterocycles. The third kappa shape index (κ3) is 4.27. The van der Waals surface area contributed by atoms with E-state index < -0.39 is 0 Å². The van der Waals surface area contributed by atoms with Crippen LogP contribution in [0.3, 0.4) is 0 Å². The molecule has 2 N–H and O–H groups in total. The Labute approximate surface area is 114 Å². The second-order valence-corrected chi connectivity index (χ2v) is 4.48. The molecule has 2 aromatic carbocycles. The average Bonchev–Trinajstić information content (AvgIpc) is 2.45. The van der Waals surface area contributed by atoms with Crippen molar-refractivity contribution in [2.75, 3.05) is 6.61 Å². The maximum atomic E-state index is 5.80. The highest BCUT2D eigenvalue weighted by Gasteiger charge is 1.98. The van der Waals surface area contributed by atoms with E-state index in [4.69, 9.17) is 10.5 Å². The highest BCUT2D eigenvalue weighted by atomic mass is 16.5. The lowest BCUT2D eigenvalue weighted by Crippen LogP contribution is -2.04. The predicted octanol–water partition coefficient (Wildman–Crippen LogP) is 3.80. The molecule has 0 saturated heterocycles. The third-order valence-corrected chi connectivity index (χ3v) is 2.86. The molecule has 2 heteroatoms. The second kappa shape index (κ2) is 6.76. The lowest BCUT2D eigenvalue weighted by molar-refractivity contribution is 0.363. The molecule has 1 atom stereocenters. The van der Waals surface area contributed by atoms with E-state index in [0.29, 0.717) is 6.61 Å². The minimum absolute atomic E-state index is 0.0621. The molecule has 0 amide bonds. The van der Waals surface area contributed by atoms with Gasteiger partial charge in [0, 0.05) is 6.04 Å². The first-order chi connectivity index (χ1) is 9.25. The molecule has 0 radical (unpaired) electrons. The Balaban J connectivity index is 1.84. The van der Waals surface area contributed by atoms with Gasteiger partial charge in [0.2, 0.25) is 0 Å². The van der Waals surface area contributed by atoms with Gasteiger partial charge in [0.05, 0.1) is 0 Å². The number of hydrogen-bond donors (Lipinski definition) is 1. The van der Waals surface area contributed by atoms with Gasteiger partial charge in [0.25, 0.3) is 0 Å². The van der Waals surface area contributed by atoms with Crippen LogP contribution in [0.1, 0.15) is 24.1 Å². The van der Waals surface area contributed by atoms with Crippen molar-refractivity contribution in [2.45, 2.75) is 13.0 Å². The largest absolute Gasteiger partial charge is 0.490 e. The standard InChI is InChI=1S/C17H19NO/c1-14(18)16-9-11-17(12-10-16)19-13-5-8-15-6-3-2-4-7-15/h2-12,14H,13,18H2,1H3/t14-/m1/s1. The van der Waals surface area contributed by atoms with Crippen LogP contribution in [-0.4, -0.2) is 6.61 Å². The van der Waals surface area contributed by atoms with E-state index >= 15 is 0 Å². The zero-order valence-corrected chi connectivity index (χ0v) is 11.1. The van der Waals surface area contributed by atoms with Crippen molar-refractivity contribution in [2.24, 2.45) is 5.73 Å². The summed E-state index contributed by atoms with van der Waals surface area (Å²) in [6, 6.07) is 18.1. The summed E-state index contributed by atoms with van der Waals surface area (Å²) in [5.74, 6) is 0.863. The molecule has 0 bridgehead atoms. The molecule has 98 valence electrons. The first-order valence-electron chi connectivity index (χ1n) is 6.45. The van der Waals surface area contributed by atoms with Gasteiger partial charge in [-0.05, 0) is 36.3 Å². The zero-order valence-electron chi connectivity index (χ0n) is 11.1. The smallest absolute Gasteiger partial charge is 0.119 e. The SMILES string of the molecule is C[C@@H](N)c1ccc(OCC=Cc2ccccc2)cc1. The fourth-order valence-electron chi connectivity index (χ4n) is 1.76. The molecule has 2 aromatic rings. The van der Waals surface area contributed by atoms with Crippen LogP contribution in [0, 0.1) is 0 Å². The first-order valence-corrected chi connectivity index (χ1v) is 6.45. The molecule has 0 spiro atoms. The van der Waals surface area contributed by atoms with Crippen molar-refractivity contribution < 1.29 is 4.74 Å². The molecule has 0 saturated carbocycles. The van der Waals surface area contributed by atoms with Gasteiger partial charge in [-0.25, -0.2) is 0 Å². The van der Waals surface area contributed by atoms with Gasteiger partial charge in [-0.1, -0.05) is 48.5 Å². The summed E-state index contributed by atoms with van der Waals surface area (Å²) >= 11 is 0. The molecule has 0 unspecified atom stereocenters. The second-order valence-electron chi connectivity index (χ2n) is 4.48. The zero-order chi connectivity index (χ0) is 13.5. The summed E-state index contributed by atoms with van der Waals surface area (Å²) in [5, 5.41) is 0. The highest BCUT2D eigenvalue weighted by molar-refractivity contribution is 5.48. The number of hydrogen-bond acceptors (Lipinski definition) is 2. The molecule has 2 rings (SSSR count). The molecule has 2 nitrogen and oxygen atoms in total. The van der Waals surface area contributed by atoms with Gasteiger partial charge >= 0.3 is 0 Å². The van der Waals surface area contributed by atoms with Gasteiger partial charge in [-0.2, -0.15) is 0 Å². The summed E-state index contributed by atoms with van der Waals surface area (Å²) in [5.41, 5.74) is 8.09. The Morgan fingerprint density at radius 1 is 1.05 bits per heavy atom. The van der Waals surface area contributed by atoms with Crippen molar-refractivity contribution >= 4 is 6.08 Å². The van der Waals surface area contributed by atoms with Crippen molar-refractivity contribution in [1.82, 2.24) is 0 Å². The van der Waals surface area contributed by atoms with Crippen molar-refractivity contribution in [3.63, 3.8) is 0 Å². The maximum absolute atomic E-state index is 5.80. The molecule has 0 aromatic heterocycles. The fourth-order valence-corrected chi connectivity index (χ4v) is 1.76. The number of nitrogens with two attached hydrogens (primary N) is 1. The third-order valence-electron chi connectivity index (χ3n) is 2.86. The lowest BCUT2D eigenvalue weighted by Gasteiger charge is -2.07. The van der Waals surface area contributed by atoms with Crippen LogP contribution in [0.15, 0.2) is 60.7 Å². The van der Waals surface area contributed by atoms with E-state index in [1.54, 1.807) is 0 Å². The van der Waals surface area contributed by atoms with Gasteiger partial charge in [-0.15, -0.1) is 0 Å². The van der Waals surface area contributed by atoms with Crippen LogP contribution < -0.4 is 10.5 Å². The minimum Gasteiger partial charge on any atom is -0.490 e. The summed E-state index contributed by atoms with van der Waals surface area (Å²) in [4.78, 5) is 0. The van der Waals surface area contributed by atoms with Crippen molar-refractivity contribution in [3.05, 3.63) is 71.8 Å². The summed E-state index contributed by atoms with van der Waals surface area (Å²) in [7, 11) is 0. The Morgan fingerprint density at radius 3 is 2.37 bits per heavy atom. The Hall–Kier alpha value is -2.06. The fraction of sp³-hybridized carbons (Fsp3) is 0.176. The van der Waals surface area contributed by atoms with E-state index in [1.807, 2.05) is 55.5 Å². The lowest BCUT2D eigenvalue weighted by atomic mass is 10.1. The van der Waals surface area contributed by atoms with E-state index in [1.165, 1.54) is 5.56 Å². The van der Waals surface area contributed by atoms with Crippen LogP contribution in [0.5, 0.6) is 5.75 Å². The van der Waals surface area contributed by atoms with Crippen molar-refractivity contribution in [1.29, 1.82) is 0 Å². The number of ether oxygens (including phenoxy) is 1. The van der Waals surface area contributed by atoms with E-state index in [2.05, 4.69) is 18.2 Å². The molecular formula is C17H19NO. The highest BCUT2D eigenvalue weighted by Crippen LogP contribution is 2.16. The summed E-state index contributed by atoms with van der Waals surface area (Å²) < 4.78 is 5.63. The normalized spacial score (nSPS) is 12.5.